The Hall–Kier alpha value is -2.03. The van der Waals surface area contributed by atoms with E-state index in [2.05, 4.69) is 41.1 Å². The number of rotatable bonds is 5. The van der Waals surface area contributed by atoms with Crippen LogP contribution in [0.15, 0.2) is 81.8 Å². The van der Waals surface area contributed by atoms with Crippen molar-refractivity contribution in [3.63, 3.8) is 0 Å². The van der Waals surface area contributed by atoms with Crippen LogP contribution in [-0.4, -0.2) is 23.3 Å². The van der Waals surface area contributed by atoms with Gasteiger partial charge in [0.1, 0.15) is 0 Å². The summed E-state index contributed by atoms with van der Waals surface area (Å²) in [5.74, 6) is 1.72. The van der Waals surface area contributed by atoms with Crippen LogP contribution in [0, 0.1) is 0 Å². The van der Waals surface area contributed by atoms with Crippen LogP contribution in [-0.2, 0) is 0 Å². The molecule has 0 amide bonds. The van der Waals surface area contributed by atoms with Crippen LogP contribution >= 0.6 is 40.5 Å². The van der Waals surface area contributed by atoms with Crippen LogP contribution in [0.4, 0.5) is 11.5 Å². The molecule has 0 radical (unpaired) electrons. The average molecular weight is 462 g/mol. The van der Waals surface area contributed by atoms with Gasteiger partial charge in [-0.3, -0.25) is 5.43 Å². The van der Waals surface area contributed by atoms with Gasteiger partial charge < -0.3 is 4.98 Å². The van der Waals surface area contributed by atoms with E-state index in [0.717, 1.165) is 27.9 Å². The fraction of sp³-hybridized carbons (Fsp3) is 0.105. The molecule has 0 aliphatic carbocycles. The lowest BCUT2D eigenvalue weighted by molar-refractivity contribution is 0.759. The Kier molecular flexibility index (Phi) is 6.41. The zero-order valence-corrected chi connectivity index (χ0v) is 18.3. The number of nitrogens with zero attached hydrogens (tertiary/aromatic N) is 3. The number of halogens is 1. The topological polar surface area (TPSA) is 46.7 Å². The first-order valence-corrected chi connectivity index (χ1v) is 10.6. The SMILES string of the molecule is Br.CSc1cc(N2N=C(c3ccccc3)NN2c2ccccc2)[nH]c1SC. The molecule has 0 unspecified atom stereocenters. The summed E-state index contributed by atoms with van der Waals surface area (Å²) in [6, 6.07) is 22.4. The standard InChI is InChI=1S/C19H19N5S2.BrH/c1-25-16-13-17(20-19(16)26-2)24-22-18(14-9-5-3-6-10-14)21-23(24)15-11-7-4-8-12-15;/h3-13,20H,1-2H3,(H,21,22);1H. The molecule has 1 aliphatic rings. The van der Waals surface area contributed by atoms with Crippen molar-refractivity contribution >= 4 is 57.8 Å². The lowest BCUT2D eigenvalue weighted by Gasteiger charge is -2.26. The van der Waals surface area contributed by atoms with E-state index in [4.69, 9.17) is 5.10 Å². The second-order valence-corrected chi connectivity index (χ2v) is 7.28. The number of amidine groups is 1. The number of nitrogens with one attached hydrogen (secondary N) is 2. The van der Waals surface area contributed by atoms with Gasteiger partial charge in [0, 0.05) is 10.5 Å². The summed E-state index contributed by atoms with van der Waals surface area (Å²) in [5.41, 5.74) is 5.46. The maximum atomic E-state index is 4.82. The summed E-state index contributed by atoms with van der Waals surface area (Å²) in [6.07, 6.45) is 4.16. The van der Waals surface area contributed by atoms with Gasteiger partial charge >= 0.3 is 0 Å². The van der Waals surface area contributed by atoms with Crippen molar-refractivity contribution < 1.29 is 0 Å². The van der Waals surface area contributed by atoms with Gasteiger partial charge in [-0.25, -0.2) is 0 Å². The predicted octanol–water partition coefficient (Wildman–Crippen LogP) is 5.14. The summed E-state index contributed by atoms with van der Waals surface area (Å²) < 4.78 is 0. The summed E-state index contributed by atoms with van der Waals surface area (Å²) in [4.78, 5) is 4.69. The van der Waals surface area contributed by atoms with Crippen LogP contribution in [0.5, 0.6) is 0 Å². The number of benzene rings is 2. The third-order valence-electron chi connectivity index (χ3n) is 4.02. The van der Waals surface area contributed by atoms with Gasteiger partial charge in [-0.15, -0.1) is 50.7 Å². The number of thioether (sulfide) groups is 2. The zero-order chi connectivity index (χ0) is 17.9. The van der Waals surface area contributed by atoms with Gasteiger partial charge in [-0.05, 0) is 30.7 Å². The molecule has 8 heteroatoms. The van der Waals surface area contributed by atoms with E-state index in [-0.39, 0.29) is 17.0 Å². The Labute approximate surface area is 177 Å². The molecular formula is C19H20BrN5S2. The van der Waals surface area contributed by atoms with Gasteiger partial charge in [-0.1, -0.05) is 48.5 Å². The Morgan fingerprint density at radius 1 is 0.889 bits per heavy atom. The number of hydrogen-bond acceptors (Lipinski definition) is 6. The number of aromatic nitrogens is 1. The van der Waals surface area contributed by atoms with Crippen LogP contribution in [0.2, 0.25) is 0 Å². The largest absolute Gasteiger partial charge is 0.332 e. The molecule has 0 fully saturated rings. The molecule has 0 saturated heterocycles. The highest BCUT2D eigenvalue weighted by Crippen LogP contribution is 2.34. The molecule has 1 aliphatic heterocycles. The van der Waals surface area contributed by atoms with Crippen molar-refractivity contribution in [1.29, 1.82) is 0 Å². The van der Waals surface area contributed by atoms with Crippen molar-refractivity contribution in [3.05, 3.63) is 72.3 Å². The molecule has 0 saturated carbocycles. The van der Waals surface area contributed by atoms with Gasteiger partial charge in [0.15, 0.2) is 11.7 Å². The van der Waals surface area contributed by atoms with Crippen molar-refractivity contribution in [2.45, 2.75) is 9.92 Å². The number of hydrogen-bond donors (Lipinski definition) is 2. The highest BCUT2D eigenvalue weighted by molar-refractivity contribution is 8.93. The minimum absolute atomic E-state index is 0. The lowest BCUT2D eigenvalue weighted by Crippen LogP contribution is -2.44. The summed E-state index contributed by atoms with van der Waals surface area (Å²) in [6.45, 7) is 0. The van der Waals surface area contributed by atoms with Crippen molar-refractivity contribution in [3.8, 4) is 0 Å². The fourth-order valence-corrected chi connectivity index (χ4v) is 4.18. The molecule has 2 heterocycles. The summed E-state index contributed by atoms with van der Waals surface area (Å²) in [7, 11) is 0. The van der Waals surface area contributed by atoms with Gasteiger partial charge in [0.05, 0.1) is 10.7 Å². The third kappa shape index (κ3) is 3.97. The Morgan fingerprint density at radius 3 is 2.15 bits per heavy atom. The minimum Gasteiger partial charge on any atom is -0.332 e. The molecule has 27 heavy (non-hydrogen) atoms. The van der Waals surface area contributed by atoms with E-state index >= 15 is 0 Å². The molecule has 2 aromatic carbocycles. The molecule has 2 N–H and O–H groups in total. The predicted molar refractivity (Wildman–Crippen MR) is 122 cm³/mol. The minimum atomic E-state index is 0. The second-order valence-electron chi connectivity index (χ2n) is 5.62. The Bertz CT molecular complexity index is 893. The molecular weight excluding hydrogens is 442 g/mol. The Morgan fingerprint density at radius 2 is 1.56 bits per heavy atom. The average Bonchev–Trinajstić information content (AvgIpc) is 3.33. The van der Waals surface area contributed by atoms with Crippen molar-refractivity contribution in [1.82, 2.24) is 10.4 Å². The maximum Gasteiger partial charge on any atom is 0.176 e. The summed E-state index contributed by atoms with van der Waals surface area (Å²) >= 11 is 3.43. The number of anilines is 2. The summed E-state index contributed by atoms with van der Waals surface area (Å²) in [5, 5.41) is 9.79. The maximum absolute atomic E-state index is 4.82. The van der Waals surface area contributed by atoms with E-state index in [1.54, 1.807) is 23.5 Å². The highest BCUT2D eigenvalue weighted by atomic mass is 79.9. The molecule has 0 bridgehead atoms. The van der Waals surface area contributed by atoms with Crippen molar-refractivity contribution in [2.75, 3.05) is 22.7 Å². The number of aromatic amines is 1. The van der Waals surface area contributed by atoms with Crippen LogP contribution in [0.25, 0.3) is 0 Å². The number of hydrazone groups is 1. The van der Waals surface area contributed by atoms with Crippen molar-refractivity contribution in [2.24, 2.45) is 5.10 Å². The fourth-order valence-electron chi connectivity index (χ4n) is 2.75. The van der Waals surface area contributed by atoms with Crippen LogP contribution < -0.4 is 15.7 Å². The van der Waals surface area contributed by atoms with Gasteiger partial charge in [-0.2, -0.15) is 5.12 Å². The molecule has 0 atom stereocenters. The molecule has 5 nitrogen and oxygen atoms in total. The molecule has 1 aromatic heterocycles. The highest BCUT2D eigenvalue weighted by Gasteiger charge is 2.28. The van der Waals surface area contributed by atoms with E-state index < -0.39 is 0 Å². The zero-order valence-electron chi connectivity index (χ0n) is 14.9. The van der Waals surface area contributed by atoms with E-state index in [1.165, 1.54) is 4.90 Å². The smallest absolute Gasteiger partial charge is 0.176 e. The molecule has 140 valence electrons. The molecule has 3 aromatic rings. The number of H-pyrrole nitrogens is 1. The van der Waals surface area contributed by atoms with E-state index in [9.17, 15) is 0 Å². The molecule has 0 spiro atoms. The van der Waals surface area contributed by atoms with E-state index in [0.29, 0.717) is 0 Å². The van der Waals surface area contributed by atoms with Gasteiger partial charge in [0.2, 0.25) is 0 Å². The van der Waals surface area contributed by atoms with Crippen LogP contribution in [0.3, 0.4) is 0 Å². The monoisotopic (exact) mass is 461 g/mol. The number of para-hydroxylation sites is 1. The van der Waals surface area contributed by atoms with Crippen LogP contribution in [0.1, 0.15) is 5.56 Å². The molecule has 4 rings (SSSR count). The Balaban J connectivity index is 0.00000210. The first kappa shape index (κ1) is 19.7. The first-order valence-electron chi connectivity index (χ1n) is 8.17. The number of hydrazine groups is 2. The quantitative estimate of drug-likeness (QED) is 0.514. The van der Waals surface area contributed by atoms with E-state index in [1.807, 2.05) is 58.8 Å². The first-order chi connectivity index (χ1) is 12.8. The van der Waals surface area contributed by atoms with Gasteiger partial charge in [0.25, 0.3) is 0 Å². The normalized spacial score (nSPS) is 13.2. The second kappa shape index (κ2) is 8.77. The lowest BCUT2D eigenvalue weighted by atomic mass is 10.2. The third-order valence-corrected chi connectivity index (χ3v) is 5.64.